The quantitative estimate of drug-likeness (QED) is 0.301. The van der Waals surface area contributed by atoms with Crippen molar-refractivity contribution in [3.05, 3.63) is 94.6 Å². The number of carbonyl (C=O) groups excluding carboxylic acids is 1. The highest BCUT2D eigenvalue weighted by atomic mass is 35.5. The zero-order valence-corrected chi connectivity index (χ0v) is 20.5. The molecule has 0 radical (unpaired) electrons. The zero-order chi connectivity index (χ0) is 25.1. The minimum atomic E-state index is -0.804. The number of carboxylic acids is 1. The maximum Gasteiger partial charge on any atom is 0.303 e. The van der Waals surface area contributed by atoms with Crippen LogP contribution in [-0.2, 0) is 11.2 Å². The number of halogens is 1. The van der Waals surface area contributed by atoms with E-state index in [0.29, 0.717) is 59.9 Å². The Morgan fingerprint density at radius 2 is 1.67 bits per heavy atom. The second-order valence-corrected chi connectivity index (χ2v) is 9.58. The molecule has 182 valence electrons. The monoisotopic (exact) mass is 499 g/mol. The molecule has 0 saturated carbocycles. The van der Waals surface area contributed by atoms with E-state index in [9.17, 15) is 9.59 Å². The van der Waals surface area contributed by atoms with Crippen molar-refractivity contribution in [1.29, 1.82) is 0 Å². The van der Waals surface area contributed by atoms with Crippen molar-refractivity contribution in [2.24, 2.45) is 0 Å². The molecule has 2 heterocycles. The van der Waals surface area contributed by atoms with Crippen LogP contribution in [0.3, 0.4) is 0 Å². The van der Waals surface area contributed by atoms with Gasteiger partial charge < -0.3 is 10.0 Å². The van der Waals surface area contributed by atoms with Gasteiger partial charge in [-0.05, 0) is 55.2 Å². The molecule has 1 saturated heterocycles. The third kappa shape index (κ3) is 5.24. The molecule has 6 nitrogen and oxygen atoms in total. The largest absolute Gasteiger partial charge is 0.481 e. The van der Waals surface area contributed by atoms with E-state index in [4.69, 9.17) is 26.7 Å². The Bertz CT molecular complexity index is 1400. The number of fused-ring (bicyclic) bond motifs is 1. The molecule has 1 fully saturated rings. The minimum absolute atomic E-state index is 0.00401. The highest BCUT2D eigenvalue weighted by Gasteiger charge is 2.32. The summed E-state index contributed by atoms with van der Waals surface area (Å²) in [5, 5.41) is 9.61. The van der Waals surface area contributed by atoms with Gasteiger partial charge in [0.2, 0.25) is 0 Å². The van der Waals surface area contributed by atoms with Crippen molar-refractivity contribution in [2.75, 3.05) is 13.1 Å². The summed E-state index contributed by atoms with van der Waals surface area (Å²) >= 11 is 6.07. The molecule has 0 aliphatic carbocycles. The Balaban J connectivity index is 1.39. The van der Waals surface area contributed by atoms with Crippen molar-refractivity contribution < 1.29 is 14.7 Å². The average Bonchev–Trinajstić information content (AvgIpc) is 2.86. The maximum atomic E-state index is 13.1. The Hall–Kier alpha value is -3.77. The van der Waals surface area contributed by atoms with Crippen molar-refractivity contribution in [1.82, 2.24) is 14.9 Å². The number of amides is 1. The lowest BCUT2D eigenvalue weighted by molar-refractivity contribution is -0.137. The molecular weight excluding hydrogens is 474 g/mol. The lowest BCUT2D eigenvalue weighted by atomic mass is 9.91. The molecule has 0 atom stereocenters. The highest BCUT2D eigenvalue weighted by Crippen LogP contribution is 2.30. The van der Waals surface area contributed by atoms with E-state index in [2.05, 4.69) is 12.1 Å². The fraction of sp³-hybridized carbons (Fsp3) is 0.241. The molecule has 5 rings (SSSR count). The fourth-order valence-electron chi connectivity index (χ4n) is 4.57. The zero-order valence-electron chi connectivity index (χ0n) is 19.7. The van der Waals surface area contributed by atoms with E-state index >= 15 is 0 Å². The second kappa shape index (κ2) is 10.5. The second-order valence-electron chi connectivity index (χ2n) is 9.15. The molecule has 1 aliphatic heterocycles. The molecule has 0 bridgehead atoms. The van der Waals surface area contributed by atoms with E-state index in [0.717, 1.165) is 17.0 Å². The number of hydrogen-bond donors (Lipinski definition) is 1. The lowest BCUT2D eigenvalue weighted by Gasteiger charge is -2.39. The molecule has 3 aromatic carbocycles. The van der Waals surface area contributed by atoms with Gasteiger partial charge in [0.25, 0.3) is 5.91 Å². The van der Waals surface area contributed by atoms with Crippen molar-refractivity contribution >= 4 is 34.5 Å². The number of aryl methyl sites for hydroxylation is 1. The fourth-order valence-corrected chi connectivity index (χ4v) is 4.69. The average molecular weight is 500 g/mol. The third-order valence-corrected chi connectivity index (χ3v) is 6.85. The van der Waals surface area contributed by atoms with E-state index in [1.807, 2.05) is 65.6 Å². The number of unbranched alkanes of at least 4 members (excludes halogenated alkanes) is 1. The Labute approximate surface area is 214 Å². The first-order valence-electron chi connectivity index (χ1n) is 12.1. The van der Waals surface area contributed by atoms with Crippen LogP contribution >= 0.6 is 11.6 Å². The van der Waals surface area contributed by atoms with Gasteiger partial charge in [0.05, 0.1) is 22.4 Å². The van der Waals surface area contributed by atoms with Gasteiger partial charge in [0.15, 0.2) is 0 Å². The Morgan fingerprint density at radius 1 is 0.917 bits per heavy atom. The summed E-state index contributed by atoms with van der Waals surface area (Å²) in [6.07, 6.45) is 1.96. The summed E-state index contributed by atoms with van der Waals surface area (Å²) in [5.41, 5.74) is 5.65. The standard InChI is InChI=1S/C29H26ClN3O3/c30-23-13-10-20(11-14-23)28-25(8-4-5-9-27(34)35)31-26-16-21(12-15-24(26)32-28)29(36)33-17-22(18-33)19-6-2-1-3-7-19/h1-3,6-7,10-16,22H,4-5,8-9,17-18H2,(H,34,35). The number of aliphatic carboxylic acids is 1. The van der Waals surface area contributed by atoms with Crippen LogP contribution in [0.25, 0.3) is 22.3 Å². The van der Waals surface area contributed by atoms with Crippen molar-refractivity contribution in [3.63, 3.8) is 0 Å². The van der Waals surface area contributed by atoms with Gasteiger partial charge in [-0.25, -0.2) is 9.97 Å². The van der Waals surface area contributed by atoms with E-state index < -0.39 is 5.97 Å². The van der Waals surface area contributed by atoms with Gasteiger partial charge in [-0.1, -0.05) is 54.1 Å². The predicted molar refractivity (Wildman–Crippen MR) is 140 cm³/mol. The summed E-state index contributed by atoms with van der Waals surface area (Å²) in [5.74, 6) is -0.438. The van der Waals surface area contributed by atoms with Crippen LogP contribution in [0.15, 0.2) is 72.8 Å². The minimum Gasteiger partial charge on any atom is -0.481 e. The third-order valence-electron chi connectivity index (χ3n) is 6.59. The first kappa shape index (κ1) is 23.9. The lowest BCUT2D eigenvalue weighted by Crippen LogP contribution is -2.48. The summed E-state index contributed by atoms with van der Waals surface area (Å²) in [6, 6.07) is 23.2. The van der Waals surface area contributed by atoms with Gasteiger partial charge in [-0.2, -0.15) is 0 Å². The predicted octanol–water partition coefficient (Wildman–Crippen LogP) is 5.99. The number of nitrogens with zero attached hydrogens (tertiary/aromatic N) is 3. The van der Waals surface area contributed by atoms with E-state index in [1.54, 1.807) is 0 Å². The van der Waals surface area contributed by atoms with Crippen LogP contribution in [-0.4, -0.2) is 44.9 Å². The van der Waals surface area contributed by atoms with Gasteiger partial charge in [-0.3, -0.25) is 9.59 Å². The molecule has 1 aromatic heterocycles. The van der Waals surface area contributed by atoms with Crippen LogP contribution in [0.2, 0.25) is 5.02 Å². The molecule has 1 aliphatic rings. The van der Waals surface area contributed by atoms with E-state index in [1.165, 1.54) is 5.56 Å². The van der Waals surface area contributed by atoms with Crippen molar-refractivity contribution in [3.8, 4) is 11.3 Å². The molecular formula is C29H26ClN3O3. The van der Waals surface area contributed by atoms with Gasteiger partial charge in [-0.15, -0.1) is 0 Å². The maximum absolute atomic E-state index is 13.1. The number of hydrogen-bond acceptors (Lipinski definition) is 4. The van der Waals surface area contributed by atoms with Gasteiger partial charge >= 0.3 is 5.97 Å². The summed E-state index contributed by atoms with van der Waals surface area (Å²) in [6.45, 7) is 1.41. The van der Waals surface area contributed by atoms with Crippen LogP contribution in [0.4, 0.5) is 0 Å². The summed E-state index contributed by atoms with van der Waals surface area (Å²) in [7, 11) is 0. The molecule has 0 spiro atoms. The normalized spacial score (nSPS) is 13.5. The molecule has 0 unspecified atom stereocenters. The number of aromatic nitrogens is 2. The van der Waals surface area contributed by atoms with E-state index in [-0.39, 0.29) is 12.3 Å². The smallest absolute Gasteiger partial charge is 0.303 e. The van der Waals surface area contributed by atoms with Crippen molar-refractivity contribution in [2.45, 2.75) is 31.6 Å². The van der Waals surface area contributed by atoms with Crippen LogP contribution in [0.5, 0.6) is 0 Å². The number of carbonyl (C=O) groups is 2. The summed E-state index contributed by atoms with van der Waals surface area (Å²) < 4.78 is 0. The Morgan fingerprint density at radius 3 is 2.39 bits per heavy atom. The molecule has 1 N–H and O–H groups in total. The topological polar surface area (TPSA) is 83.4 Å². The van der Waals surface area contributed by atoms with Gasteiger partial charge in [0, 0.05) is 41.6 Å². The molecule has 36 heavy (non-hydrogen) atoms. The molecule has 7 heteroatoms. The summed E-state index contributed by atoms with van der Waals surface area (Å²) in [4.78, 5) is 35.7. The SMILES string of the molecule is O=C(O)CCCCc1nc2cc(C(=O)N3CC(c4ccccc4)C3)ccc2nc1-c1ccc(Cl)cc1. The first-order valence-corrected chi connectivity index (χ1v) is 12.5. The number of likely N-dealkylation sites (tertiary alicyclic amines) is 1. The highest BCUT2D eigenvalue weighted by molar-refractivity contribution is 6.30. The van der Waals surface area contributed by atoms with Crippen LogP contribution < -0.4 is 0 Å². The molecule has 4 aromatic rings. The number of benzene rings is 3. The van der Waals surface area contributed by atoms with Crippen LogP contribution in [0.1, 0.15) is 46.8 Å². The molecule has 1 amide bonds. The first-order chi connectivity index (χ1) is 17.5. The number of carboxylic acid groups (broad SMARTS) is 1. The van der Waals surface area contributed by atoms with Crippen LogP contribution in [0, 0.1) is 0 Å². The Kier molecular flexibility index (Phi) is 6.96. The number of rotatable bonds is 8. The van der Waals surface area contributed by atoms with Gasteiger partial charge in [0.1, 0.15) is 0 Å².